The molecule has 2 aromatic heterocycles. The lowest BCUT2D eigenvalue weighted by molar-refractivity contribution is -0.137. The molecule has 1 aromatic carbocycles. The highest BCUT2D eigenvalue weighted by Crippen LogP contribution is 2.31. The molecule has 3 rings (SSSR count). The molecule has 1 N–H and O–H groups in total. The Morgan fingerprint density at radius 3 is 2.69 bits per heavy atom. The zero-order chi connectivity index (χ0) is 18.6. The molecule has 26 heavy (non-hydrogen) atoms. The molecule has 4 nitrogen and oxygen atoms in total. The summed E-state index contributed by atoms with van der Waals surface area (Å²) in [6.07, 6.45) is -1.37. The molecule has 0 fully saturated rings. The maximum absolute atomic E-state index is 12.5. The van der Waals surface area contributed by atoms with Crippen molar-refractivity contribution in [3.05, 3.63) is 76.0 Å². The van der Waals surface area contributed by atoms with Gasteiger partial charge in [0.25, 0.3) is 5.91 Å². The molecule has 0 bridgehead atoms. The minimum absolute atomic E-state index is 0.0348. The third-order valence-corrected chi connectivity index (χ3v) is 4.01. The van der Waals surface area contributed by atoms with Gasteiger partial charge >= 0.3 is 6.18 Å². The molecule has 0 saturated heterocycles. The lowest BCUT2D eigenvalue weighted by Crippen LogP contribution is -2.11. The van der Waals surface area contributed by atoms with Gasteiger partial charge in [0.15, 0.2) is 5.01 Å². The lowest BCUT2D eigenvalue weighted by atomic mass is 10.1. The molecule has 0 aliphatic carbocycles. The number of nitrogens with one attached hydrogen (secondary N) is 1. The quantitative estimate of drug-likeness (QED) is 0.685. The van der Waals surface area contributed by atoms with E-state index in [9.17, 15) is 18.0 Å². The van der Waals surface area contributed by atoms with Gasteiger partial charge in [-0.1, -0.05) is 12.0 Å². The van der Waals surface area contributed by atoms with Gasteiger partial charge in [-0.15, -0.1) is 11.3 Å². The Kier molecular flexibility index (Phi) is 5.00. The summed E-state index contributed by atoms with van der Waals surface area (Å²) >= 11 is 0.492. The van der Waals surface area contributed by atoms with Crippen LogP contribution in [0, 0.1) is 11.8 Å². The normalized spacial score (nSPS) is 10.7. The summed E-state index contributed by atoms with van der Waals surface area (Å²) in [4.78, 5) is 19.6. The highest BCUT2D eigenvalue weighted by molar-refractivity contribution is 7.09. The van der Waals surface area contributed by atoms with Crippen molar-refractivity contribution >= 4 is 22.9 Å². The van der Waals surface area contributed by atoms with Crippen LogP contribution in [0.2, 0.25) is 0 Å². The molecule has 3 aromatic rings. The fourth-order valence-electron chi connectivity index (χ4n) is 1.98. The topological polar surface area (TPSA) is 54.9 Å². The molecule has 2 heterocycles. The molecule has 0 aliphatic heterocycles. The highest BCUT2D eigenvalue weighted by Gasteiger charge is 2.34. The minimum Gasteiger partial charge on any atom is -0.321 e. The molecule has 1 amide bonds. The molecule has 8 heteroatoms. The third-order valence-electron chi connectivity index (χ3n) is 3.13. The number of nitrogens with zero attached hydrogens (tertiary/aromatic N) is 2. The first-order chi connectivity index (χ1) is 12.4. The maximum atomic E-state index is 12.5. The molecule has 0 atom stereocenters. The second kappa shape index (κ2) is 7.37. The number of aromatic nitrogens is 2. The summed E-state index contributed by atoms with van der Waals surface area (Å²) in [5.41, 5.74) is 1.45. The average molecular weight is 373 g/mol. The van der Waals surface area contributed by atoms with E-state index in [0.29, 0.717) is 28.2 Å². The number of thiazole rings is 1. The van der Waals surface area contributed by atoms with Crippen molar-refractivity contribution < 1.29 is 18.0 Å². The van der Waals surface area contributed by atoms with Crippen molar-refractivity contribution in [1.29, 1.82) is 0 Å². The van der Waals surface area contributed by atoms with Crippen molar-refractivity contribution in [2.24, 2.45) is 0 Å². The minimum atomic E-state index is -4.48. The SMILES string of the molecule is O=C(Nc1cccnc1)c1cccc(C#Cc2csc(C(F)(F)F)n2)c1. The van der Waals surface area contributed by atoms with Crippen LogP contribution in [0.25, 0.3) is 0 Å². The number of amides is 1. The Bertz CT molecular complexity index is 988. The van der Waals surface area contributed by atoms with Crippen molar-refractivity contribution in [2.45, 2.75) is 6.18 Å². The first-order valence-corrected chi connectivity index (χ1v) is 8.16. The molecule has 0 spiro atoms. The van der Waals surface area contributed by atoms with Crippen LogP contribution in [-0.4, -0.2) is 15.9 Å². The van der Waals surface area contributed by atoms with Gasteiger partial charge in [0.1, 0.15) is 5.69 Å². The van der Waals surface area contributed by atoms with Crippen LogP contribution in [0.3, 0.4) is 0 Å². The molecule has 0 radical (unpaired) electrons. The number of hydrogen-bond acceptors (Lipinski definition) is 4. The summed E-state index contributed by atoms with van der Waals surface area (Å²) in [6, 6.07) is 9.86. The Morgan fingerprint density at radius 2 is 2.00 bits per heavy atom. The Balaban J connectivity index is 1.76. The summed E-state index contributed by atoms with van der Waals surface area (Å²) in [7, 11) is 0. The smallest absolute Gasteiger partial charge is 0.321 e. The van der Waals surface area contributed by atoms with E-state index in [1.807, 2.05) is 0 Å². The van der Waals surface area contributed by atoms with E-state index in [-0.39, 0.29) is 11.6 Å². The van der Waals surface area contributed by atoms with Crippen LogP contribution >= 0.6 is 11.3 Å². The van der Waals surface area contributed by atoms with Gasteiger partial charge < -0.3 is 5.32 Å². The van der Waals surface area contributed by atoms with Gasteiger partial charge in [0.2, 0.25) is 0 Å². The number of hydrogen-bond donors (Lipinski definition) is 1. The van der Waals surface area contributed by atoms with Gasteiger partial charge in [-0.05, 0) is 36.3 Å². The van der Waals surface area contributed by atoms with E-state index in [1.54, 1.807) is 42.6 Å². The second-order valence-corrected chi connectivity index (χ2v) is 5.92. The lowest BCUT2D eigenvalue weighted by Gasteiger charge is -2.04. The van der Waals surface area contributed by atoms with Gasteiger partial charge in [0, 0.05) is 22.7 Å². The van der Waals surface area contributed by atoms with Crippen molar-refractivity contribution in [1.82, 2.24) is 9.97 Å². The van der Waals surface area contributed by atoms with E-state index in [4.69, 9.17) is 0 Å². The Hall–Kier alpha value is -3.18. The molecular formula is C18H10F3N3OS. The number of alkyl halides is 3. The predicted molar refractivity (Wildman–Crippen MR) is 91.7 cm³/mol. The number of anilines is 1. The number of rotatable bonds is 2. The fourth-order valence-corrected chi connectivity index (χ4v) is 2.60. The first kappa shape index (κ1) is 17.6. The van der Waals surface area contributed by atoms with Crippen LogP contribution in [0.4, 0.5) is 18.9 Å². The summed E-state index contributed by atoms with van der Waals surface area (Å²) in [6.45, 7) is 0. The van der Waals surface area contributed by atoms with E-state index in [2.05, 4.69) is 27.1 Å². The van der Waals surface area contributed by atoms with Crippen LogP contribution < -0.4 is 5.32 Å². The number of carbonyl (C=O) groups is 1. The molecule has 0 unspecified atom stereocenters. The second-order valence-electron chi connectivity index (χ2n) is 5.06. The predicted octanol–water partition coefficient (Wildman–Crippen LogP) is 4.21. The number of pyridine rings is 1. The Morgan fingerprint density at radius 1 is 1.15 bits per heavy atom. The number of benzene rings is 1. The van der Waals surface area contributed by atoms with E-state index in [0.717, 1.165) is 0 Å². The van der Waals surface area contributed by atoms with Crippen LogP contribution in [-0.2, 0) is 6.18 Å². The fraction of sp³-hybridized carbons (Fsp3) is 0.0556. The van der Waals surface area contributed by atoms with Crippen molar-refractivity contribution in [2.75, 3.05) is 5.32 Å². The van der Waals surface area contributed by atoms with E-state index < -0.39 is 11.2 Å². The van der Waals surface area contributed by atoms with Crippen molar-refractivity contribution in [3.8, 4) is 11.8 Å². The van der Waals surface area contributed by atoms with Gasteiger partial charge in [0.05, 0.1) is 11.9 Å². The number of carbonyl (C=O) groups excluding carboxylic acids is 1. The van der Waals surface area contributed by atoms with Crippen molar-refractivity contribution in [3.63, 3.8) is 0 Å². The van der Waals surface area contributed by atoms with Gasteiger partial charge in [-0.25, -0.2) is 4.98 Å². The van der Waals surface area contributed by atoms with Crippen LogP contribution in [0.1, 0.15) is 26.6 Å². The monoisotopic (exact) mass is 373 g/mol. The third kappa shape index (κ3) is 4.46. The summed E-state index contributed by atoms with van der Waals surface area (Å²) in [5.74, 6) is 4.96. The van der Waals surface area contributed by atoms with Crippen LogP contribution in [0.15, 0.2) is 54.2 Å². The highest BCUT2D eigenvalue weighted by atomic mass is 32.1. The van der Waals surface area contributed by atoms with Crippen LogP contribution in [0.5, 0.6) is 0 Å². The van der Waals surface area contributed by atoms with E-state index in [1.165, 1.54) is 11.6 Å². The summed E-state index contributed by atoms with van der Waals surface area (Å²) < 4.78 is 37.6. The molecule has 130 valence electrons. The zero-order valence-corrected chi connectivity index (χ0v) is 13.9. The zero-order valence-electron chi connectivity index (χ0n) is 13.0. The largest absolute Gasteiger partial charge is 0.443 e. The first-order valence-electron chi connectivity index (χ1n) is 7.28. The molecule has 0 saturated carbocycles. The van der Waals surface area contributed by atoms with Gasteiger partial charge in [-0.2, -0.15) is 13.2 Å². The van der Waals surface area contributed by atoms with E-state index >= 15 is 0 Å². The average Bonchev–Trinajstić information content (AvgIpc) is 3.10. The standard InChI is InChI=1S/C18H10F3N3OS/c19-18(20,21)17-24-15(11-26-17)7-6-12-3-1-4-13(9-12)16(25)23-14-5-2-8-22-10-14/h1-5,8-11H,(H,23,25). The maximum Gasteiger partial charge on any atom is 0.443 e. The number of halogens is 3. The summed E-state index contributed by atoms with van der Waals surface area (Å²) in [5, 5.41) is 3.00. The van der Waals surface area contributed by atoms with Gasteiger partial charge in [-0.3, -0.25) is 9.78 Å². The Labute approximate surface area is 150 Å². The molecule has 0 aliphatic rings. The molecular weight excluding hydrogens is 363 g/mol.